The molecule has 0 aromatic heterocycles. The van der Waals surface area contributed by atoms with Crippen LogP contribution in [0.4, 0.5) is 11.4 Å². The van der Waals surface area contributed by atoms with Gasteiger partial charge in [0, 0.05) is 29.4 Å². The lowest BCUT2D eigenvalue weighted by Gasteiger charge is -2.17. The van der Waals surface area contributed by atoms with Crippen LogP contribution in [0.2, 0.25) is 5.02 Å². The van der Waals surface area contributed by atoms with Crippen molar-refractivity contribution in [3.05, 3.63) is 59.1 Å². The number of carbonyl (C=O) groups excluding carboxylic acids is 2. The van der Waals surface area contributed by atoms with Crippen LogP contribution in [0, 0.1) is 5.92 Å². The highest BCUT2D eigenvalue weighted by Gasteiger charge is 2.35. The molecule has 3 rings (SSSR count). The van der Waals surface area contributed by atoms with Gasteiger partial charge in [-0.15, -0.1) is 0 Å². The number of amides is 2. The number of anilines is 2. The molecule has 7 heteroatoms. The molecular formula is C20H19ClN2O4. The highest BCUT2D eigenvalue weighted by molar-refractivity contribution is 6.30. The zero-order valence-electron chi connectivity index (χ0n) is 14.7. The summed E-state index contributed by atoms with van der Waals surface area (Å²) in [6.07, 6.45) is 0.125. The molecule has 2 unspecified atom stereocenters. The maximum atomic E-state index is 12.6. The van der Waals surface area contributed by atoms with Gasteiger partial charge in [0.25, 0.3) is 0 Å². The van der Waals surface area contributed by atoms with Crippen LogP contribution in [0.15, 0.2) is 48.5 Å². The second-order valence-electron chi connectivity index (χ2n) is 6.56. The first-order chi connectivity index (χ1) is 12.8. The van der Waals surface area contributed by atoms with Crippen molar-refractivity contribution in [1.82, 2.24) is 0 Å². The molecule has 1 saturated heterocycles. The standard InChI is InChI=1S/C20H19ClN2O4/c1-12(20(26)27)13-3-2-4-16(9-13)22-19(25)14-10-18(24)23(11-14)17-7-5-15(21)6-8-17/h2-9,12,14H,10-11H2,1H3,(H,22,25)(H,26,27). The number of aliphatic carboxylic acids is 1. The van der Waals surface area contributed by atoms with Crippen molar-refractivity contribution >= 4 is 40.8 Å². The first-order valence-corrected chi connectivity index (χ1v) is 8.92. The minimum atomic E-state index is -0.932. The lowest BCUT2D eigenvalue weighted by molar-refractivity contribution is -0.138. The topological polar surface area (TPSA) is 86.7 Å². The fourth-order valence-electron chi connectivity index (χ4n) is 3.03. The SMILES string of the molecule is CC(C(=O)O)c1cccc(NC(=O)C2CC(=O)N(c3ccc(Cl)cc3)C2)c1. The number of benzene rings is 2. The molecule has 1 aliphatic heterocycles. The van der Waals surface area contributed by atoms with Crippen molar-refractivity contribution in [2.24, 2.45) is 5.92 Å². The van der Waals surface area contributed by atoms with Gasteiger partial charge in [0.05, 0.1) is 11.8 Å². The lowest BCUT2D eigenvalue weighted by atomic mass is 10.0. The quantitative estimate of drug-likeness (QED) is 0.823. The van der Waals surface area contributed by atoms with Crippen molar-refractivity contribution in [1.29, 1.82) is 0 Å². The zero-order valence-corrected chi connectivity index (χ0v) is 15.4. The Labute approximate surface area is 161 Å². The van der Waals surface area contributed by atoms with Gasteiger partial charge in [0.15, 0.2) is 0 Å². The van der Waals surface area contributed by atoms with E-state index < -0.39 is 17.8 Å². The summed E-state index contributed by atoms with van der Waals surface area (Å²) >= 11 is 5.87. The summed E-state index contributed by atoms with van der Waals surface area (Å²) in [6.45, 7) is 1.88. The molecule has 0 bridgehead atoms. The van der Waals surface area contributed by atoms with Crippen LogP contribution >= 0.6 is 11.6 Å². The number of hydrogen-bond acceptors (Lipinski definition) is 3. The van der Waals surface area contributed by atoms with Crippen molar-refractivity contribution < 1.29 is 19.5 Å². The number of halogens is 1. The number of rotatable bonds is 5. The molecule has 2 N–H and O–H groups in total. The molecule has 1 heterocycles. The van der Waals surface area contributed by atoms with Gasteiger partial charge in [-0.1, -0.05) is 23.7 Å². The van der Waals surface area contributed by atoms with Crippen LogP contribution in [0.1, 0.15) is 24.8 Å². The summed E-state index contributed by atoms with van der Waals surface area (Å²) in [5.74, 6) is -2.46. The third-order valence-electron chi connectivity index (χ3n) is 4.66. The van der Waals surface area contributed by atoms with E-state index in [1.165, 1.54) is 0 Å². The van der Waals surface area contributed by atoms with Gasteiger partial charge in [-0.2, -0.15) is 0 Å². The molecule has 2 aromatic carbocycles. The van der Waals surface area contributed by atoms with E-state index in [1.54, 1.807) is 60.4 Å². The molecule has 0 aliphatic carbocycles. The highest BCUT2D eigenvalue weighted by atomic mass is 35.5. The van der Waals surface area contributed by atoms with Crippen molar-refractivity contribution in [3.8, 4) is 0 Å². The van der Waals surface area contributed by atoms with Crippen molar-refractivity contribution in [3.63, 3.8) is 0 Å². The van der Waals surface area contributed by atoms with E-state index in [9.17, 15) is 14.4 Å². The Hall–Kier alpha value is -2.86. The minimum absolute atomic E-state index is 0.120. The first-order valence-electron chi connectivity index (χ1n) is 8.54. The van der Waals surface area contributed by atoms with E-state index in [0.29, 0.717) is 22.0 Å². The monoisotopic (exact) mass is 386 g/mol. The van der Waals surface area contributed by atoms with E-state index >= 15 is 0 Å². The van der Waals surface area contributed by atoms with E-state index in [4.69, 9.17) is 16.7 Å². The minimum Gasteiger partial charge on any atom is -0.481 e. The molecule has 1 fully saturated rings. The average molecular weight is 387 g/mol. The maximum Gasteiger partial charge on any atom is 0.310 e. The van der Waals surface area contributed by atoms with Gasteiger partial charge in [0.2, 0.25) is 11.8 Å². The van der Waals surface area contributed by atoms with Crippen LogP contribution in [0.5, 0.6) is 0 Å². The molecule has 0 radical (unpaired) electrons. The molecule has 2 aromatic rings. The summed E-state index contributed by atoms with van der Waals surface area (Å²) in [4.78, 5) is 37.6. The Morgan fingerprint density at radius 2 is 1.93 bits per heavy atom. The zero-order chi connectivity index (χ0) is 19.6. The molecule has 2 amide bonds. The summed E-state index contributed by atoms with van der Waals surface area (Å²) in [7, 11) is 0. The Morgan fingerprint density at radius 1 is 1.22 bits per heavy atom. The van der Waals surface area contributed by atoms with E-state index in [-0.39, 0.29) is 24.8 Å². The Morgan fingerprint density at radius 3 is 2.59 bits per heavy atom. The predicted octanol–water partition coefficient (Wildman–Crippen LogP) is 3.52. The summed E-state index contributed by atoms with van der Waals surface area (Å²) in [5, 5.41) is 12.5. The third-order valence-corrected chi connectivity index (χ3v) is 4.91. The van der Waals surface area contributed by atoms with Crippen molar-refractivity contribution in [2.75, 3.05) is 16.8 Å². The predicted molar refractivity (Wildman–Crippen MR) is 103 cm³/mol. The number of carboxylic acid groups (broad SMARTS) is 1. The number of carbonyl (C=O) groups is 3. The molecule has 0 spiro atoms. The summed E-state index contributed by atoms with van der Waals surface area (Å²) in [5.41, 5.74) is 1.82. The number of nitrogens with one attached hydrogen (secondary N) is 1. The second kappa shape index (κ2) is 7.80. The van der Waals surface area contributed by atoms with Gasteiger partial charge in [-0.25, -0.2) is 0 Å². The van der Waals surface area contributed by atoms with Crippen molar-refractivity contribution in [2.45, 2.75) is 19.3 Å². The second-order valence-corrected chi connectivity index (χ2v) is 6.99. The molecule has 2 atom stereocenters. The van der Waals surface area contributed by atoms with Gasteiger partial charge in [0.1, 0.15) is 0 Å². The summed E-state index contributed by atoms with van der Waals surface area (Å²) in [6, 6.07) is 13.6. The maximum absolute atomic E-state index is 12.6. The Bertz CT molecular complexity index is 882. The summed E-state index contributed by atoms with van der Waals surface area (Å²) < 4.78 is 0. The highest BCUT2D eigenvalue weighted by Crippen LogP contribution is 2.27. The van der Waals surface area contributed by atoms with Crippen LogP contribution in [-0.4, -0.2) is 29.4 Å². The Balaban J connectivity index is 1.68. The third kappa shape index (κ3) is 4.28. The van der Waals surface area contributed by atoms with Crippen LogP contribution in [0.25, 0.3) is 0 Å². The van der Waals surface area contributed by atoms with E-state index in [0.717, 1.165) is 0 Å². The normalized spacial score (nSPS) is 17.6. The van der Waals surface area contributed by atoms with Gasteiger partial charge in [-0.05, 0) is 48.9 Å². The molecule has 6 nitrogen and oxygen atoms in total. The average Bonchev–Trinajstić information content (AvgIpc) is 3.04. The van der Waals surface area contributed by atoms with E-state index in [2.05, 4.69) is 5.32 Å². The van der Waals surface area contributed by atoms with E-state index in [1.807, 2.05) is 0 Å². The number of carboxylic acids is 1. The largest absolute Gasteiger partial charge is 0.481 e. The number of nitrogens with zero attached hydrogens (tertiary/aromatic N) is 1. The van der Waals surface area contributed by atoms with Gasteiger partial charge >= 0.3 is 5.97 Å². The smallest absolute Gasteiger partial charge is 0.310 e. The molecule has 27 heavy (non-hydrogen) atoms. The Kier molecular flexibility index (Phi) is 5.46. The fraction of sp³-hybridized carbons (Fsp3) is 0.250. The first kappa shape index (κ1) is 18.9. The number of hydrogen-bond donors (Lipinski definition) is 2. The van der Waals surface area contributed by atoms with Gasteiger partial charge < -0.3 is 15.3 Å². The lowest BCUT2D eigenvalue weighted by Crippen LogP contribution is -2.28. The molecule has 0 saturated carbocycles. The van der Waals surface area contributed by atoms with Gasteiger partial charge in [-0.3, -0.25) is 14.4 Å². The fourth-order valence-corrected chi connectivity index (χ4v) is 3.15. The molecule has 1 aliphatic rings. The van der Waals surface area contributed by atoms with Crippen LogP contribution in [0.3, 0.4) is 0 Å². The van der Waals surface area contributed by atoms with Crippen LogP contribution < -0.4 is 10.2 Å². The van der Waals surface area contributed by atoms with Crippen LogP contribution in [-0.2, 0) is 14.4 Å². The molecule has 140 valence electrons. The molecular weight excluding hydrogens is 368 g/mol.